The first-order valence-electron chi connectivity index (χ1n) is 4.57. The van der Waals surface area contributed by atoms with Crippen LogP contribution in [-0.4, -0.2) is 12.3 Å². The van der Waals surface area contributed by atoms with Gasteiger partial charge in [0.05, 0.1) is 0 Å². The Kier molecular flexibility index (Phi) is 1.83. The fraction of sp³-hybridized carbons (Fsp3) is 0.364. The number of Topliss-reactive ketones (excluding diaryl/α,β-unsaturated/α-hetero) is 1. The summed E-state index contributed by atoms with van der Waals surface area (Å²) in [4.78, 5) is 11.6. The maximum absolute atomic E-state index is 11.6. The van der Waals surface area contributed by atoms with Crippen LogP contribution in [0.3, 0.4) is 0 Å². The molecule has 0 saturated carbocycles. The molecule has 0 spiro atoms. The second-order valence-electron chi connectivity index (χ2n) is 3.60. The Morgan fingerprint density at radius 3 is 2.85 bits per heavy atom. The molecule has 1 aliphatic rings. The van der Waals surface area contributed by atoms with Gasteiger partial charge in [-0.3, -0.25) is 4.79 Å². The maximum atomic E-state index is 11.6. The average molecular weight is 175 g/mol. The van der Waals surface area contributed by atoms with Gasteiger partial charge in [-0.15, -0.1) is 0 Å². The first-order valence-corrected chi connectivity index (χ1v) is 4.57. The summed E-state index contributed by atoms with van der Waals surface area (Å²) >= 11 is 0. The molecule has 1 heterocycles. The van der Waals surface area contributed by atoms with E-state index in [1.807, 2.05) is 19.9 Å². The van der Waals surface area contributed by atoms with E-state index in [1.165, 1.54) is 5.56 Å². The second-order valence-corrected chi connectivity index (χ2v) is 3.60. The zero-order valence-electron chi connectivity index (χ0n) is 7.98. The number of carbonyl (C=O) groups is 1. The number of aryl methyl sites for hydroxylation is 2. The predicted molar refractivity (Wildman–Crippen MR) is 53.4 cm³/mol. The number of benzene rings is 1. The van der Waals surface area contributed by atoms with Gasteiger partial charge in [0.15, 0.2) is 5.78 Å². The largest absolute Gasteiger partial charge is 0.384 e. The van der Waals surface area contributed by atoms with Crippen molar-refractivity contribution in [1.29, 1.82) is 0 Å². The van der Waals surface area contributed by atoms with E-state index in [1.54, 1.807) is 0 Å². The van der Waals surface area contributed by atoms with Crippen molar-refractivity contribution in [3.05, 3.63) is 28.8 Å². The predicted octanol–water partition coefficient (Wildman–Crippen LogP) is 2.30. The average Bonchev–Trinajstić information content (AvgIpc) is 2.02. The van der Waals surface area contributed by atoms with Crippen LogP contribution in [0.2, 0.25) is 0 Å². The molecule has 0 fully saturated rings. The molecule has 1 aromatic rings. The molecule has 2 heteroatoms. The summed E-state index contributed by atoms with van der Waals surface area (Å²) in [5.41, 5.74) is 4.19. The molecule has 2 rings (SSSR count). The highest BCUT2D eigenvalue weighted by molar-refractivity contribution is 6.04. The topological polar surface area (TPSA) is 29.1 Å². The van der Waals surface area contributed by atoms with Crippen LogP contribution in [0.15, 0.2) is 12.1 Å². The van der Waals surface area contributed by atoms with E-state index in [2.05, 4.69) is 11.4 Å². The van der Waals surface area contributed by atoms with Crippen molar-refractivity contribution < 1.29 is 4.79 Å². The molecular formula is C11H13NO. The van der Waals surface area contributed by atoms with E-state index < -0.39 is 0 Å². The Bertz CT molecular complexity index is 369. The van der Waals surface area contributed by atoms with E-state index in [9.17, 15) is 4.79 Å². The van der Waals surface area contributed by atoms with Crippen LogP contribution >= 0.6 is 0 Å². The van der Waals surface area contributed by atoms with Crippen molar-refractivity contribution in [2.24, 2.45) is 0 Å². The first-order chi connectivity index (χ1) is 6.18. The summed E-state index contributed by atoms with van der Waals surface area (Å²) < 4.78 is 0. The zero-order valence-corrected chi connectivity index (χ0v) is 7.98. The molecule has 68 valence electrons. The Morgan fingerprint density at radius 2 is 2.08 bits per heavy atom. The summed E-state index contributed by atoms with van der Waals surface area (Å²) in [6.45, 7) is 4.82. The molecule has 0 saturated heterocycles. The lowest BCUT2D eigenvalue weighted by atomic mass is 9.95. The normalized spacial score (nSPS) is 15.1. The second kappa shape index (κ2) is 2.87. The molecule has 0 aromatic heterocycles. The van der Waals surface area contributed by atoms with Crippen LogP contribution in [0.1, 0.15) is 27.9 Å². The summed E-state index contributed by atoms with van der Waals surface area (Å²) in [6.07, 6.45) is 0.622. The van der Waals surface area contributed by atoms with Crippen molar-refractivity contribution in [3.8, 4) is 0 Å². The number of fused-ring (bicyclic) bond motifs is 1. The lowest BCUT2D eigenvalue weighted by Gasteiger charge is -2.19. The van der Waals surface area contributed by atoms with Gasteiger partial charge < -0.3 is 5.32 Å². The third-order valence-corrected chi connectivity index (χ3v) is 2.43. The van der Waals surface area contributed by atoms with Crippen LogP contribution in [0.4, 0.5) is 5.69 Å². The molecule has 13 heavy (non-hydrogen) atoms. The minimum absolute atomic E-state index is 0.270. The van der Waals surface area contributed by atoms with Crippen molar-refractivity contribution in [3.63, 3.8) is 0 Å². The summed E-state index contributed by atoms with van der Waals surface area (Å²) in [6, 6.07) is 4.10. The van der Waals surface area contributed by atoms with Crippen molar-refractivity contribution in [2.45, 2.75) is 20.3 Å². The number of ketones is 1. The van der Waals surface area contributed by atoms with Gasteiger partial charge in [0, 0.05) is 24.2 Å². The lowest BCUT2D eigenvalue weighted by molar-refractivity contribution is 0.0983. The van der Waals surface area contributed by atoms with E-state index in [4.69, 9.17) is 0 Å². The number of rotatable bonds is 0. The van der Waals surface area contributed by atoms with Gasteiger partial charge in [-0.25, -0.2) is 0 Å². The fourth-order valence-corrected chi connectivity index (χ4v) is 1.91. The monoisotopic (exact) mass is 175 g/mol. The molecular weight excluding hydrogens is 162 g/mol. The smallest absolute Gasteiger partial charge is 0.166 e. The van der Waals surface area contributed by atoms with Gasteiger partial charge in [0.2, 0.25) is 0 Å². The summed E-state index contributed by atoms with van der Waals surface area (Å²) in [5, 5.41) is 3.25. The fourth-order valence-electron chi connectivity index (χ4n) is 1.91. The molecule has 2 nitrogen and oxygen atoms in total. The molecule has 1 N–H and O–H groups in total. The van der Waals surface area contributed by atoms with Crippen molar-refractivity contribution >= 4 is 11.5 Å². The Labute approximate surface area is 78.0 Å². The van der Waals surface area contributed by atoms with Gasteiger partial charge in [-0.05, 0) is 31.0 Å². The summed E-state index contributed by atoms with van der Waals surface area (Å²) in [5.74, 6) is 0.270. The van der Waals surface area contributed by atoms with E-state index in [0.29, 0.717) is 6.42 Å². The van der Waals surface area contributed by atoms with E-state index in [-0.39, 0.29) is 5.78 Å². The molecule has 0 atom stereocenters. The minimum Gasteiger partial charge on any atom is -0.384 e. The Hall–Kier alpha value is -1.31. The lowest BCUT2D eigenvalue weighted by Crippen LogP contribution is -2.19. The van der Waals surface area contributed by atoms with E-state index in [0.717, 1.165) is 23.4 Å². The van der Waals surface area contributed by atoms with Crippen LogP contribution in [-0.2, 0) is 0 Å². The number of carbonyl (C=O) groups excluding carboxylic acids is 1. The first kappa shape index (κ1) is 8.30. The molecule has 0 radical (unpaired) electrons. The van der Waals surface area contributed by atoms with Gasteiger partial charge in [0.1, 0.15) is 0 Å². The highest BCUT2D eigenvalue weighted by Gasteiger charge is 2.18. The molecule has 1 aliphatic heterocycles. The number of anilines is 1. The molecule has 0 bridgehead atoms. The molecule has 0 unspecified atom stereocenters. The number of hydrogen-bond acceptors (Lipinski definition) is 2. The van der Waals surface area contributed by atoms with Gasteiger partial charge in [0.25, 0.3) is 0 Å². The van der Waals surface area contributed by atoms with Crippen LogP contribution in [0, 0.1) is 13.8 Å². The maximum Gasteiger partial charge on any atom is 0.166 e. The highest BCUT2D eigenvalue weighted by Crippen LogP contribution is 2.26. The SMILES string of the molecule is Cc1cc(C)c2c(c1)NCCC2=O. The zero-order chi connectivity index (χ0) is 9.42. The number of hydrogen-bond donors (Lipinski definition) is 1. The van der Waals surface area contributed by atoms with Crippen LogP contribution in [0.25, 0.3) is 0 Å². The standard InChI is InChI=1S/C11H13NO/c1-7-5-8(2)11-9(6-7)12-4-3-10(11)13/h5-6,12H,3-4H2,1-2H3. The molecule has 0 aliphatic carbocycles. The Morgan fingerprint density at radius 1 is 1.31 bits per heavy atom. The van der Waals surface area contributed by atoms with Crippen molar-refractivity contribution in [2.75, 3.05) is 11.9 Å². The highest BCUT2D eigenvalue weighted by atomic mass is 16.1. The van der Waals surface area contributed by atoms with Gasteiger partial charge in [-0.1, -0.05) is 6.07 Å². The third kappa shape index (κ3) is 1.32. The number of nitrogens with one attached hydrogen (secondary N) is 1. The summed E-state index contributed by atoms with van der Waals surface area (Å²) in [7, 11) is 0. The Balaban J connectivity index is 2.63. The minimum atomic E-state index is 0.270. The molecule has 1 aromatic carbocycles. The third-order valence-electron chi connectivity index (χ3n) is 2.43. The van der Waals surface area contributed by atoms with Gasteiger partial charge >= 0.3 is 0 Å². The van der Waals surface area contributed by atoms with Crippen molar-refractivity contribution in [1.82, 2.24) is 0 Å². The van der Waals surface area contributed by atoms with E-state index >= 15 is 0 Å². The quantitative estimate of drug-likeness (QED) is 0.655. The van der Waals surface area contributed by atoms with Crippen LogP contribution < -0.4 is 5.32 Å². The van der Waals surface area contributed by atoms with Crippen LogP contribution in [0.5, 0.6) is 0 Å². The molecule has 0 amide bonds. The van der Waals surface area contributed by atoms with Gasteiger partial charge in [-0.2, -0.15) is 0 Å².